The van der Waals surface area contributed by atoms with Crippen LogP contribution in [-0.2, 0) is 10.6 Å². The van der Waals surface area contributed by atoms with Gasteiger partial charge in [0.1, 0.15) is 0 Å². The van der Waals surface area contributed by atoms with Gasteiger partial charge in [-0.05, 0) is 18.6 Å². The quantitative estimate of drug-likeness (QED) is 0.539. The molecule has 0 saturated heterocycles. The summed E-state index contributed by atoms with van der Waals surface area (Å²) in [7, 11) is 1.36. The zero-order chi connectivity index (χ0) is 9.84. The van der Waals surface area contributed by atoms with Crippen LogP contribution in [0.2, 0.25) is 0 Å². The molecule has 0 N–H and O–H groups in total. The molecule has 0 radical (unpaired) electrons. The van der Waals surface area contributed by atoms with Crippen LogP contribution in [0, 0.1) is 6.92 Å². The predicted molar refractivity (Wildman–Crippen MR) is 52.1 cm³/mol. The van der Waals surface area contributed by atoms with E-state index >= 15 is 0 Å². The van der Waals surface area contributed by atoms with Gasteiger partial charge in [0.25, 0.3) is 0 Å². The number of ether oxygens (including phenoxy) is 1. The zero-order valence-electron chi connectivity index (χ0n) is 7.63. The number of carbonyl (C=O) groups is 1. The van der Waals surface area contributed by atoms with Crippen molar-refractivity contribution in [2.24, 2.45) is 0 Å². The number of carbonyl (C=O) groups excluding carboxylic acids is 1. The molecule has 0 atom stereocenters. The van der Waals surface area contributed by atoms with Crippen molar-refractivity contribution < 1.29 is 9.53 Å². The van der Waals surface area contributed by atoms with Crippen LogP contribution in [0.25, 0.3) is 0 Å². The van der Waals surface area contributed by atoms with E-state index in [2.05, 4.69) is 4.74 Å². The lowest BCUT2D eigenvalue weighted by molar-refractivity contribution is 0.0600. The summed E-state index contributed by atoms with van der Waals surface area (Å²) in [6, 6.07) is 5.49. The Kier molecular flexibility index (Phi) is 3.32. The minimum absolute atomic E-state index is 0.326. The van der Waals surface area contributed by atoms with Gasteiger partial charge in [-0.15, -0.1) is 11.6 Å². The average Bonchev–Trinajstić information content (AvgIpc) is 2.16. The number of methoxy groups -OCH3 is 1. The molecule has 0 saturated carbocycles. The van der Waals surface area contributed by atoms with Crippen LogP contribution >= 0.6 is 11.6 Å². The molecule has 0 unspecified atom stereocenters. The summed E-state index contributed by atoms with van der Waals surface area (Å²) in [4.78, 5) is 11.2. The molecule has 2 nitrogen and oxygen atoms in total. The summed E-state index contributed by atoms with van der Waals surface area (Å²) in [6.45, 7) is 1.96. The van der Waals surface area contributed by atoms with Gasteiger partial charge in [0.15, 0.2) is 0 Å². The molecule has 1 aromatic rings. The minimum atomic E-state index is -0.337. The van der Waals surface area contributed by atoms with Gasteiger partial charge in [-0.25, -0.2) is 4.79 Å². The van der Waals surface area contributed by atoms with E-state index in [1.54, 1.807) is 6.07 Å². The fraction of sp³-hybridized carbons (Fsp3) is 0.300. The first-order valence-electron chi connectivity index (χ1n) is 3.93. The molecule has 1 rings (SSSR count). The van der Waals surface area contributed by atoms with Crippen molar-refractivity contribution in [1.29, 1.82) is 0 Å². The fourth-order valence-electron chi connectivity index (χ4n) is 1.14. The Balaban J connectivity index is 3.13. The van der Waals surface area contributed by atoms with E-state index in [9.17, 15) is 4.79 Å². The van der Waals surface area contributed by atoms with Crippen molar-refractivity contribution in [1.82, 2.24) is 0 Å². The predicted octanol–water partition coefficient (Wildman–Crippen LogP) is 2.52. The van der Waals surface area contributed by atoms with E-state index in [-0.39, 0.29) is 5.97 Å². The van der Waals surface area contributed by atoms with Crippen LogP contribution in [-0.4, -0.2) is 13.1 Å². The zero-order valence-corrected chi connectivity index (χ0v) is 8.39. The van der Waals surface area contributed by atoms with Crippen LogP contribution in [0.1, 0.15) is 21.5 Å². The molecule has 0 heterocycles. The fourth-order valence-corrected chi connectivity index (χ4v) is 1.36. The van der Waals surface area contributed by atoms with Gasteiger partial charge < -0.3 is 4.74 Å². The molecule has 0 amide bonds. The maximum absolute atomic E-state index is 11.2. The van der Waals surface area contributed by atoms with Crippen LogP contribution in [0.3, 0.4) is 0 Å². The number of aryl methyl sites for hydroxylation is 1. The maximum Gasteiger partial charge on any atom is 0.338 e. The Morgan fingerprint density at radius 3 is 2.77 bits per heavy atom. The molecule has 3 heteroatoms. The third kappa shape index (κ3) is 2.22. The van der Waals surface area contributed by atoms with E-state index in [0.29, 0.717) is 11.4 Å². The molecule has 13 heavy (non-hydrogen) atoms. The highest BCUT2D eigenvalue weighted by Gasteiger charge is 2.10. The van der Waals surface area contributed by atoms with Crippen LogP contribution in [0.15, 0.2) is 18.2 Å². The summed E-state index contributed by atoms with van der Waals surface area (Å²) in [5, 5.41) is 0. The molecule has 0 fully saturated rings. The third-order valence-electron chi connectivity index (χ3n) is 1.81. The summed E-state index contributed by atoms with van der Waals surface area (Å²) >= 11 is 5.70. The SMILES string of the molecule is COC(=O)c1ccc(C)cc1CCl. The first-order chi connectivity index (χ1) is 6.19. The van der Waals surface area contributed by atoms with Gasteiger partial charge in [-0.2, -0.15) is 0 Å². The highest BCUT2D eigenvalue weighted by Crippen LogP contribution is 2.14. The lowest BCUT2D eigenvalue weighted by Gasteiger charge is -2.05. The van der Waals surface area contributed by atoms with E-state index in [0.717, 1.165) is 11.1 Å². The second-order valence-electron chi connectivity index (χ2n) is 2.79. The normalized spacial score (nSPS) is 9.77. The molecule has 0 aliphatic carbocycles. The molecule has 0 aromatic heterocycles. The molecular weight excluding hydrogens is 188 g/mol. The Bertz CT molecular complexity index is 321. The third-order valence-corrected chi connectivity index (χ3v) is 2.10. The second-order valence-corrected chi connectivity index (χ2v) is 3.05. The molecule has 1 aromatic carbocycles. The average molecular weight is 199 g/mol. The summed E-state index contributed by atoms with van der Waals surface area (Å²) in [5.74, 6) is -0.0119. The summed E-state index contributed by atoms with van der Waals surface area (Å²) < 4.78 is 4.62. The van der Waals surface area contributed by atoms with Gasteiger partial charge >= 0.3 is 5.97 Å². The second kappa shape index (κ2) is 4.28. The van der Waals surface area contributed by atoms with Crippen molar-refractivity contribution >= 4 is 17.6 Å². The van der Waals surface area contributed by atoms with Crippen LogP contribution in [0.5, 0.6) is 0 Å². The van der Waals surface area contributed by atoms with E-state index < -0.39 is 0 Å². The monoisotopic (exact) mass is 198 g/mol. The van der Waals surface area contributed by atoms with Gasteiger partial charge in [-0.1, -0.05) is 17.7 Å². The van der Waals surface area contributed by atoms with Crippen LogP contribution < -0.4 is 0 Å². The molecule has 0 bridgehead atoms. The molecular formula is C10H11ClO2. The Morgan fingerprint density at radius 1 is 1.54 bits per heavy atom. The lowest BCUT2D eigenvalue weighted by Crippen LogP contribution is -2.04. The Hall–Kier alpha value is -1.02. The van der Waals surface area contributed by atoms with E-state index in [4.69, 9.17) is 11.6 Å². The molecule has 0 spiro atoms. The van der Waals surface area contributed by atoms with Crippen molar-refractivity contribution in [3.8, 4) is 0 Å². The highest BCUT2D eigenvalue weighted by molar-refractivity contribution is 6.17. The first kappa shape index (κ1) is 10.1. The molecule has 0 aliphatic rings. The maximum atomic E-state index is 11.2. The van der Waals surface area contributed by atoms with Crippen molar-refractivity contribution in [2.45, 2.75) is 12.8 Å². The van der Waals surface area contributed by atoms with Crippen LogP contribution in [0.4, 0.5) is 0 Å². The first-order valence-corrected chi connectivity index (χ1v) is 4.46. The van der Waals surface area contributed by atoms with Gasteiger partial charge in [-0.3, -0.25) is 0 Å². The van der Waals surface area contributed by atoms with Gasteiger partial charge in [0.2, 0.25) is 0 Å². The number of alkyl halides is 1. The van der Waals surface area contributed by atoms with Crippen molar-refractivity contribution in [3.63, 3.8) is 0 Å². The lowest BCUT2D eigenvalue weighted by atomic mass is 10.1. The number of rotatable bonds is 2. The number of hydrogen-bond donors (Lipinski definition) is 0. The summed E-state index contributed by atoms with van der Waals surface area (Å²) in [6.07, 6.45) is 0. The Morgan fingerprint density at radius 2 is 2.23 bits per heavy atom. The standard InChI is InChI=1S/C10H11ClO2/c1-7-3-4-9(10(12)13-2)8(5-7)6-11/h3-5H,6H2,1-2H3. The number of halogens is 1. The van der Waals surface area contributed by atoms with Crippen molar-refractivity contribution in [2.75, 3.05) is 7.11 Å². The van der Waals surface area contributed by atoms with E-state index in [1.807, 2.05) is 19.1 Å². The van der Waals surface area contributed by atoms with Crippen molar-refractivity contribution in [3.05, 3.63) is 34.9 Å². The smallest absolute Gasteiger partial charge is 0.338 e. The number of benzene rings is 1. The molecule has 70 valence electrons. The Labute approximate surface area is 82.5 Å². The molecule has 0 aliphatic heterocycles. The highest BCUT2D eigenvalue weighted by atomic mass is 35.5. The largest absolute Gasteiger partial charge is 0.465 e. The number of esters is 1. The topological polar surface area (TPSA) is 26.3 Å². The van der Waals surface area contributed by atoms with Gasteiger partial charge in [0.05, 0.1) is 12.7 Å². The summed E-state index contributed by atoms with van der Waals surface area (Å²) in [5.41, 5.74) is 2.44. The van der Waals surface area contributed by atoms with E-state index in [1.165, 1.54) is 7.11 Å². The minimum Gasteiger partial charge on any atom is -0.465 e. The number of hydrogen-bond acceptors (Lipinski definition) is 2. The van der Waals surface area contributed by atoms with Gasteiger partial charge in [0, 0.05) is 5.88 Å².